The summed E-state index contributed by atoms with van der Waals surface area (Å²) >= 11 is 1.27. The first-order chi connectivity index (χ1) is 21.4. The summed E-state index contributed by atoms with van der Waals surface area (Å²) in [5, 5.41) is 3.42. The highest BCUT2D eigenvalue weighted by molar-refractivity contribution is 7.07. The zero-order valence-electron chi connectivity index (χ0n) is 24.2. The highest BCUT2D eigenvalue weighted by Gasteiger charge is 2.33. The van der Waals surface area contributed by atoms with Crippen molar-refractivity contribution in [3.8, 4) is 0 Å². The normalized spacial score (nSPS) is 15.1. The third kappa shape index (κ3) is 4.77. The number of thiazole rings is 1. The summed E-state index contributed by atoms with van der Waals surface area (Å²) in [5.41, 5.74) is 4.23. The fourth-order valence-corrected chi connectivity index (χ4v) is 7.07. The van der Waals surface area contributed by atoms with E-state index in [9.17, 15) is 14.0 Å². The molecule has 0 aliphatic carbocycles. The smallest absolute Gasteiger partial charge is 0.338 e. The van der Waals surface area contributed by atoms with E-state index in [4.69, 9.17) is 4.74 Å². The number of nitrogens with zero attached hydrogens (tertiary/aromatic N) is 3. The van der Waals surface area contributed by atoms with Crippen LogP contribution >= 0.6 is 11.3 Å². The van der Waals surface area contributed by atoms with Crippen molar-refractivity contribution in [2.75, 3.05) is 6.61 Å². The highest BCUT2D eigenvalue weighted by atomic mass is 32.1. The molecule has 1 atom stereocenters. The lowest BCUT2D eigenvalue weighted by Crippen LogP contribution is -2.39. The van der Waals surface area contributed by atoms with Crippen LogP contribution in [0.3, 0.4) is 0 Å². The van der Waals surface area contributed by atoms with E-state index in [-0.39, 0.29) is 17.7 Å². The standard InChI is InChI=1S/C36H28FN3O3S/c1-3-43-35(42)32-22(2)38-36-40(33(32)24-15-17-27(37)18-16-24)34(41)31(44-36)19-26-21-39(30-14-7-6-13-29(26)30)20-25-11-8-10-23-9-4-5-12-28(23)25/h4-19,21,33H,3,20H2,1-2H3/b31-19-/t33-/m0/s1. The van der Waals surface area contributed by atoms with E-state index < -0.39 is 17.8 Å². The van der Waals surface area contributed by atoms with Gasteiger partial charge in [0, 0.05) is 29.2 Å². The zero-order chi connectivity index (χ0) is 30.4. The molecule has 0 spiro atoms. The van der Waals surface area contributed by atoms with Gasteiger partial charge in [-0.2, -0.15) is 0 Å². The molecule has 6 aromatic rings. The Labute approximate surface area is 256 Å². The van der Waals surface area contributed by atoms with Crippen molar-refractivity contribution in [2.45, 2.75) is 26.4 Å². The second-order valence-electron chi connectivity index (χ2n) is 10.7. The first-order valence-corrected chi connectivity index (χ1v) is 15.2. The third-order valence-corrected chi connectivity index (χ3v) is 9.01. The largest absolute Gasteiger partial charge is 0.463 e. The number of para-hydroxylation sites is 1. The minimum Gasteiger partial charge on any atom is -0.463 e. The van der Waals surface area contributed by atoms with Crippen molar-refractivity contribution >= 4 is 45.1 Å². The van der Waals surface area contributed by atoms with Crippen molar-refractivity contribution in [1.82, 2.24) is 9.13 Å². The summed E-state index contributed by atoms with van der Waals surface area (Å²) in [4.78, 5) is 32.4. The van der Waals surface area contributed by atoms with Crippen LogP contribution < -0.4 is 14.9 Å². The van der Waals surface area contributed by atoms with Crippen LogP contribution in [0.1, 0.15) is 36.6 Å². The number of hydrogen-bond acceptors (Lipinski definition) is 5. The van der Waals surface area contributed by atoms with Gasteiger partial charge in [0.05, 0.1) is 28.5 Å². The van der Waals surface area contributed by atoms with E-state index in [1.54, 1.807) is 26.0 Å². The van der Waals surface area contributed by atoms with Crippen LogP contribution in [0.15, 0.2) is 118 Å². The summed E-state index contributed by atoms with van der Waals surface area (Å²) in [6.07, 6.45) is 3.98. The van der Waals surface area contributed by atoms with Gasteiger partial charge in [0.25, 0.3) is 5.56 Å². The first-order valence-electron chi connectivity index (χ1n) is 14.4. The quantitative estimate of drug-likeness (QED) is 0.217. The number of benzene rings is 4. The third-order valence-electron chi connectivity index (χ3n) is 8.03. The summed E-state index contributed by atoms with van der Waals surface area (Å²) < 4.78 is 23.5. The van der Waals surface area contributed by atoms with Crippen molar-refractivity contribution in [2.24, 2.45) is 4.99 Å². The molecule has 7 rings (SSSR count). The van der Waals surface area contributed by atoms with Gasteiger partial charge in [-0.25, -0.2) is 14.2 Å². The molecular weight excluding hydrogens is 573 g/mol. The number of allylic oxidation sites excluding steroid dienone is 1. The Morgan fingerprint density at radius 1 is 0.977 bits per heavy atom. The molecule has 0 fully saturated rings. The number of carbonyl (C=O) groups is 1. The van der Waals surface area contributed by atoms with E-state index in [0.717, 1.165) is 16.5 Å². The lowest BCUT2D eigenvalue weighted by atomic mass is 9.96. The van der Waals surface area contributed by atoms with E-state index in [1.807, 2.05) is 24.3 Å². The molecular formula is C36H28FN3O3S. The molecule has 4 aromatic carbocycles. The second kappa shape index (κ2) is 11.2. The fourth-order valence-electron chi connectivity index (χ4n) is 6.03. The number of carbonyl (C=O) groups excluding carboxylic acids is 1. The van der Waals surface area contributed by atoms with E-state index in [1.165, 1.54) is 44.4 Å². The van der Waals surface area contributed by atoms with Gasteiger partial charge in [-0.15, -0.1) is 0 Å². The number of halogens is 1. The molecule has 44 heavy (non-hydrogen) atoms. The van der Waals surface area contributed by atoms with Crippen LogP contribution in [0.2, 0.25) is 0 Å². The van der Waals surface area contributed by atoms with Gasteiger partial charge in [0.1, 0.15) is 5.82 Å². The van der Waals surface area contributed by atoms with Crippen LogP contribution in [-0.2, 0) is 16.1 Å². The minimum atomic E-state index is -0.791. The average molecular weight is 602 g/mol. The fraction of sp³-hybridized carbons (Fsp3) is 0.139. The Bertz CT molecular complexity index is 2290. The molecule has 0 radical (unpaired) electrons. The SMILES string of the molecule is CCOC(=O)C1=C(C)N=c2s/c(=C\c3cn(Cc4cccc5ccccc45)c4ccccc34)c(=O)n2[C@H]1c1ccc(F)cc1. The van der Waals surface area contributed by atoms with Gasteiger partial charge in [0.2, 0.25) is 0 Å². The maximum absolute atomic E-state index is 14.1. The number of hydrogen-bond donors (Lipinski definition) is 0. The van der Waals surface area contributed by atoms with Crippen LogP contribution in [0.25, 0.3) is 27.8 Å². The highest BCUT2D eigenvalue weighted by Crippen LogP contribution is 2.31. The topological polar surface area (TPSA) is 65.6 Å². The Balaban J connectivity index is 1.38. The Hall–Kier alpha value is -5.08. The molecule has 8 heteroatoms. The minimum absolute atomic E-state index is 0.180. The van der Waals surface area contributed by atoms with Crippen molar-refractivity contribution in [3.05, 3.63) is 151 Å². The average Bonchev–Trinajstić information content (AvgIpc) is 3.53. The molecule has 0 N–H and O–H groups in total. The first kappa shape index (κ1) is 27.7. The molecule has 218 valence electrons. The monoisotopic (exact) mass is 601 g/mol. The maximum Gasteiger partial charge on any atom is 0.338 e. The van der Waals surface area contributed by atoms with Crippen LogP contribution in [0.5, 0.6) is 0 Å². The van der Waals surface area contributed by atoms with Gasteiger partial charge < -0.3 is 9.30 Å². The molecule has 0 amide bonds. The van der Waals surface area contributed by atoms with Gasteiger partial charge >= 0.3 is 5.97 Å². The summed E-state index contributed by atoms with van der Waals surface area (Å²) in [6, 6.07) is 27.9. The van der Waals surface area contributed by atoms with E-state index in [2.05, 4.69) is 64.3 Å². The lowest BCUT2D eigenvalue weighted by Gasteiger charge is -2.24. The van der Waals surface area contributed by atoms with Crippen LogP contribution in [0.4, 0.5) is 4.39 Å². The number of ether oxygens (including phenoxy) is 1. The van der Waals surface area contributed by atoms with Crippen molar-refractivity contribution in [1.29, 1.82) is 0 Å². The van der Waals surface area contributed by atoms with E-state index >= 15 is 0 Å². The van der Waals surface area contributed by atoms with Gasteiger partial charge in [-0.05, 0) is 60.0 Å². The number of esters is 1. The lowest BCUT2D eigenvalue weighted by molar-refractivity contribution is -0.139. The van der Waals surface area contributed by atoms with Gasteiger partial charge in [0.15, 0.2) is 4.80 Å². The molecule has 0 unspecified atom stereocenters. The molecule has 1 aliphatic rings. The van der Waals surface area contributed by atoms with Crippen molar-refractivity contribution in [3.63, 3.8) is 0 Å². The summed E-state index contributed by atoms with van der Waals surface area (Å²) in [6.45, 7) is 4.32. The van der Waals surface area contributed by atoms with Gasteiger partial charge in [-0.3, -0.25) is 9.36 Å². The molecule has 0 bridgehead atoms. The molecule has 0 saturated carbocycles. The Kier molecular flexibility index (Phi) is 7.06. The zero-order valence-corrected chi connectivity index (χ0v) is 25.0. The molecule has 1 aliphatic heterocycles. The number of fused-ring (bicyclic) bond motifs is 3. The number of rotatable bonds is 6. The predicted molar refractivity (Wildman–Crippen MR) is 172 cm³/mol. The summed E-state index contributed by atoms with van der Waals surface area (Å²) in [5.74, 6) is -0.951. The Morgan fingerprint density at radius 3 is 2.50 bits per heavy atom. The summed E-state index contributed by atoms with van der Waals surface area (Å²) in [7, 11) is 0. The van der Waals surface area contributed by atoms with E-state index in [0.29, 0.717) is 27.1 Å². The molecule has 0 saturated heterocycles. The number of aromatic nitrogens is 2. The Morgan fingerprint density at radius 2 is 1.70 bits per heavy atom. The maximum atomic E-state index is 14.1. The molecule has 6 nitrogen and oxygen atoms in total. The second-order valence-corrected chi connectivity index (χ2v) is 11.7. The van der Waals surface area contributed by atoms with Crippen LogP contribution in [0, 0.1) is 5.82 Å². The van der Waals surface area contributed by atoms with Crippen molar-refractivity contribution < 1.29 is 13.9 Å². The predicted octanol–water partition coefficient (Wildman–Crippen LogP) is 6.09. The molecule has 3 heterocycles. The van der Waals surface area contributed by atoms with Gasteiger partial charge in [-0.1, -0.05) is 84.1 Å². The molecule has 2 aromatic heterocycles. The van der Waals surface area contributed by atoms with Crippen LogP contribution in [-0.4, -0.2) is 21.7 Å².